The van der Waals surface area contributed by atoms with Crippen LogP contribution < -0.4 is 19.8 Å². The van der Waals surface area contributed by atoms with Crippen LogP contribution in [0.2, 0.25) is 0 Å². The summed E-state index contributed by atoms with van der Waals surface area (Å²) in [6.07, 6.45) is 0.0706. The monoisotopic (exact) mass is 441 g/mol. The van der Waals surface area contributed by atoms with Crippen molar-refractivity contribution in [1.82, 2.24) is 4.98 Å². The van der Waals surface area contributed by atoms with Gasteiger partial charge in [0.1, 0.15) is 12.4 Å². The molecule has 0 spiro atoms. The Morgan fingerprint density at radius 2 is 1.79 bits per heavy atom. The lowest BCUT2D eigenvalue weighted by Gasteiger charge is -2.25. The third-order valence-corrected chi connectivity index (χ3v) is 5.95. The first-order valence-corrected chi connectivity index (χ1v) is 10.8. The fourth-order valence-corrected chi connectivity index (χ4v) is 4.23. The van der Waals surface area contributed by atoms with Gasteiger partial charge in [0.25, 0.3) is 5.56 Å². The molecule has 0 fully saturated rings. The largest absolute Gasteiger partial charge is 0.493 e. The summed E-state index contributed by atoms with van der Waals surface area (Å²) < 4.78 is 17.1. The van der Waals surface area contributed by atoms with E-state index in [4.69, 9.17) is 14.2 Å². The van der Waals surface area contributed by atoms with Crippen molar-refractivity contribution < 1.29 is 19.0 Å². The molecule has 5 rings (SSSR count). The van der Waals surface area contributed by atoms with Crippen LogP contribution in [0, 0.1) is 6.92 Å². The standard InChI is InChI=1S/C27H23NO5/c1-16-7-9-17(10-8-16)15-32-22-12-11-18(13-23(22)31-2)20-14-24(29)33-26-19-5-3-4-6-21(19)28-27(30)25(20)26/h3-13,20H,14-15H2,1-2H3,(H,28,30)/t20-/m0/s1. The Hall–Kier alpha value is -4.06. The summed E-state index contributed by atoms with van der Waals surface area (Å²) in [6.45, 7) is 2.44. The van der Waals surface area contributed by atoms with Crippen LogP contribution in [0.5, 0.6) is 17.2 Å². The highest BCUT2D eigenvalue weighted by Crippen LogP contribution is 2.42. The molecular formula is C27H23NO5. The number of hydrogen-bond acceptors (Lipinski definition) is 5. The summed E-state index contributed by atoms with van der Waals surface area (Å²) in [7, 11) is 1.57. The number of rotatable bonds is 5. The summed E-state index contributed by atoms with van der Waals surface area (Å²) in [6, 6.07) is 20.9. The van der Waals surface area contributed by atoms with Crippen LogP contribution in [0.25, 0.3) is 10.9 Å². The van der Waals surface area contributed by atoms with Gasteiger partial charge < -0.3 is 19.2 Å². The maximum atomic E-state index is 13.0. The second kappa shape index (κ2) is 8.47. The van der Waals surface area contributed by atoms with Gasteiger partial charge in [0.2, 0.25) is 0 Å². The van der Waals surface area contributed by atoms with E-state index in [2.05, 4.69) is 4.98 Å². The zero-order chi connectivity index (χ0) is 22.9. The number of carbonyl (C=O) groups is 1. The van der Waals surface area contributed by atoms with Crippen molar-refractivity contribution in [3.05, 3.63) is 99.3 Å². The molecule has 1 aromatic heterocycles. The van der Waals surface area contributed by atoms with E-state index in [1.807, 2.05) is 67.6 Å². The van der Waals surface area contributed by atoms with Gasteiger partial charge in [-0.3, -0.25) is 9.59 Å². The first-order valence-electron chi connectivity index (χ1n) is 10.8. The molecule has 1 atom stereocenters. The number of ether oxygens (including phenoxy) is 3. The number of hydrogen-bond donors (Lipinski definition) is 1. The highest BCUT2D eigenvalue weighted by Gasteiger charge is 2.33. The van der Waals surface area contributed by atoms with Crippen LogP contribution in [0.15, 0.2) is 71.5 Å². The van der Waals surface area contributed by atoms with E-state index in [9.17, 15) is 9.59 Å². The van der Waals surface area contributed by atoms with Crippen LogP contribution in [-0.2, 0) is 11.4 Å². The Morgan fingerprint density at radius 1 is 1.00 bits per heavy atom. The molecule has 6 heteroatoms. The third kappa shape index (κ3) is 3.96. The van der Waals surface area contributed by atoms with Gasteiger partial charge in [0.05, 0.1) is 24.6 Å². The Morgan fingerprint density at radius 3 is 2.58 bits per heavy atom. The van der Waals surface area contributed by atoms with Crippen LogP contribution >= 0.6 is 0 Å². The van der Waals surface area contributed by atoms with Crippen molar-refractivity contribution >= 4 is 16.9 Å². The summed E-state index contributed by atoms with van der Waals surface area (Å²) >= 11 is 0. The lowest BCUT2D eigenvalue weighted by Crippen LogP contribution is -2.28. The number of fused-ring (bicyclic) bond motifs is 3. The van der Waals surface area contributed by atoms with Crippen molar-refractivity contribution in [2.24, 2.45) is 0 Å². The lowest BCUT2D eigenvalue weighted by molar-refractivity contribution is -0.135. The van der Waals surface area contributed by atoms with Gasteiger partial charge in [-0.15, -0.1) is 0 Å². The average Bonchev–Trinajstić information content (AvgIpc) is 2.83. The summed E-state index contributed by atoms with van der Waals surface area (Å²) in [4.78, 5) is 28.4. The normalized spacial score (nSPS) is 15.1. The first-order chi connectivity index (χ1) is 16.0. The van der Waals surface area contributed by atoms with Crippen LogP contribution in [0.3, 0.4) is 0 Å². The van der Waals surface area contributed by atoms with Gasteiger partial charge in [-0.05, 0) is 42.3 Å². The minimum absolute atomic E-state index is 0.0706. The molecule has 0 saturated heterocycles. The van der Waals surface area contributed by atoms with E-state index in [-0.39, 0.29) is 17.9 Å². The first kappa shape index (κ1) is 20.8. The van der Waals surface area contributed by atoms with E-state index in [1.165, 1.54) is 5.56 Å². The Balaban J connectivity index is 1.51. The number of nitrogens with one attached hydrogen (secondary N) is 1. The third-order valence-electron chi connectivity index (χ3n) is 5.95. The molecule has 6 nitrogen and oxygen atoms in total. The molecule has 3 aromatic carbocycles. The minimum Gasteiger partial charge on any atom is -0.493 e. The average molecular weight is 441 g/mol. The Kier molecular flexibility index (Phi) is 5.34. The fraction of sp³-hybridized carbons (Fsp3) is 0.185. The topological polar surface area (TPSA) is 77.6 Å². The number of pyridine rings is 1. The van der Waals surface area contributed by atoms with E-state index in [0.717, 1.165) is 11.1 Å². The molecule has 1 aliphatic rings. The molecule has 33 heavy (non-hydrogen) atoms. The maximum Gasteiger partial charge on any atom is 0.312 e. The summed E-state index contributed by atoms with van der Waals surface area (Å²) in [5.74, 6) is 0.635. The fourth-order valence-electron chi connectivity index (χ4n) is 4.23. The smallest absolute Gasteiger partial charge is 0.312 e. The number of carbonyl (C=O) groups excluding carboxylic acids is 1. The van der Waals surface area contributed by atoms with Crippen LogP contribution in [0.1, 0.15) is 34.6 Å². The van der Waals surface area contributed by atoms with Gasteiger partial charge >= 0.3 is 5.97 Å². The van der Waals surface area contributed by atoms with E-state index in [0.29, 0.717) is 40.3 Å². The Labute approximate surface area is 190 Å². The molecule has 0 radical (unpaired) electrons. The Bertz CT molecular complexity index is 1400. The predicted octanol–water partition coefficient (Wildman–Crippen LogP) is 4.87. The number of benzene rings is 3. The van der Waals surface area contributed by atoms with Crippen molar-refractivity contribution in [2.45, 2.75) is 25.9 Å². The number of esters is 1. The zero-order valence-corrected chi connectivity index (χ0v) is 18.4. The lowest BCUT2D eigenvalue weighted by atomic mass is 9.86. The SMILES string of the molecule is COc1cc([C@@H]2CC(=O)Oc3c2c(=O)[nH]c2ccccc32)ccc1OCc1ccc(C)cc1. The van der Waals surface area contributed by atoms with Crippen LogP contribution in [-0.4, -0.2) is 18.1 Å². The molecule has 1 N–H and O–H groups in total. The number of aryl methyl sites for hydroxylation is 1. The van der Waals surface area contributed by atoms with Gasteiger partial charge in [0.15, 0.2) is 11.5 Å². The minimum atomic E-state index is -0.449. The van der Waals surface area contributed by atoms with E-state index < -0.39 is 5.92 Å². The number of methoxy groups -OCH3 is 1. The highest BCUT2D eigenvalue weighted by molar-refractivity contribution is 5.91. The molecular weight excluding hydrogens is 418 g/mol. The van der Waals surface area contributed by atoms with E-state index >= 15 is 0 Å². The molecule has 0 unspecified atom stereocenters. The molecule has 0 aliphatic carbocycles. The highest BCUT2D eigenvalue weighted by atomic mass is 16.5. The number of aromatic nitrogens is 1. The maximum absolute atomic E-state index is 13.0. The van der Waals surface area contributed by atoms with Gasteiger partial charge in [-0.2, -0.15) is 0 Å². The van der Waals surface area contributed by atoms with Crippen molar-refractivity contribution in [3.8, 4) is 17.2 Å². The van der Waals surface area contributed by atoms with Gasteiger partial charge in [-0.1, -0.05) is 48.0 Å². The number of aromatic amines is 1. The number of para-hydroxylation sites is 1. The van der Waals surface area contributed by atoms with Crippen LogP contribution in [0.4, 0.5) is 0 Å². The van der Waals surface area contributed by atoms with Crippen molar-refractivity contribution in [2.75, 3.05) is 7.11 Å². The summed E-state index contributed by atoms with van der Waals surface area (Å²) in [5, 5.41) is 0.704. The van der Waals surface area contributed by atoms with Gasteiger partial charge in [0, 0.05) is 11.3 Å². The van der Waals surface area contributed by atoms with Crippen molar-refractivity contribution in [3.63, 3.8) is 0 Å². The van der Waals surface area contributed by atoms with Gasteiger partial charge in [-0.25, -0.2) is 0 Å². The van der Waals surface area contributed by atoms with E-state index in [1.54, 1.807) is 13.2 Å². The zero-order valence-electron chi connectivity index (χ0n) is 18.4. The molecule has 0 saturated carbocycles. The molecule has 0 bridgehead atoms. The predicted molar refractivity (Wildman–Crippen MR) is 125 cm³/mol. The molecule has 2 heterocycles. The quantitative estimate of drug-likeness (QED) is 0.447. The summed E-state index contributed by atoms with van der Waals surface area (Å²) in [5.41, 5.74) is 3.84. The molecule has 166 valence electrons. The molecule has 4 aromatic rings. The van der Waals surface area contributed by atoms with Crippen molar-refractivity contribution in [1.29, 1.82) is 0 Å². The second-order valence-corrected chi connectivity index (χ2v) is 8.16. The molecule has 1 aliphatic heterocycles. The number of H-pyrrole nitrogens is 1. The molecule has 0 amide bonds. The second-order valence-electron chi connectivity index (χ2n) is 8.16.